The Morgan fingerprint density at radius 3 is 2.41 bits per heavy atom. The Kier molecular flexibility index (Phi) is 8.55. The number of fused-ring (bicyclic) bond motifs is 1. The quantitative estimate of drug-likeness (QED) is 0.259. The van der Waals surface area contributed by atoms with Crippen LogP contribution in [0.3, 0.4) is 0 Å². The van der Waals surface area contributed by atoms with Gasteiger partial charge in [0, 0.05) is 17.1 Å². The molecule has 1 aliphatic rings. The molecule has 1 aliphatic heterocycles. The maximum absolute atomic E-state index is 14.0. The molecule has 0 amide bonds. The minimum absolute atomic E-state index is 0.114. The third kappa shape index (κ3) is 6.22. The molecule has 0 saturated heterocycles. The number of hydrogen-bond acceptors (Lipinski definition) is 4. The number of hydrogen-bond donors (Lipinski definition) is 0. The summed E-state index contributed by atoms with van der Waals surface area (Å²) in [5.74, 6) is 1.14. The second-order valence-electron chi connectivity index (χ2n) is 10.7. The Bertz CT molecular complexity index is 1560. The number of aromatic nitrogens is 2. The number of benzene rings is 3. The van der Waals surface area contributed by atoms with Gasteiger partial charge in [-0.25, -0.2) is 9.37 Å². The van der Waals surface area contributed by atoms with Gasteiger partial charge in [0.15, 0.2) is 0 Å². The monoisotopic (exact) mass is 546 g/mol. The molecule has 1 unspecified atom stereocenters. The van der Waals surface area contributed by atoms with Crippen molar-refractivity contribution in [3.05, 3.63) is 110 Å². The second-order valence-corrected chi connectivity index (χ2v) is 11.2. The van der Waals surface area contributed by atoms with Gasteiger partial charge in [0.1, 0.15) is 17.5 Å². The van der Waals surface area contributed by atoms with Gasteiger partial charge in [-0.1, -0.05) is 62.2 Å². The predicted octanol–water partition coefficient (Wildman–Crippen LogP) is 7.56. The molecule has 5 nitrogen and oxygen atoms in total. The van der Waals surface area contributed by atoms with Crippen LogP contribution in [0.5, 0.6) is 0 Å². The molecule has 0 fully saturated rings. The molecular weight excluding hydrogens is 511 g/mol. The van der Waals surface area contributed by atoms with Crippen LogP contribution in [0, 0.1) is 12.7 Å². The van der Waals surface area contributed by atoms with E-state index in [-0.39, 0.29) is 23.0 Å². The van der Waals surface area contributed by atoms with Crippen LogP contribution in [-0.2, 0) is 6.54 Å². The van der Waals surface area contributed by atoms with Crippen molar-refractivity contribution in [2.75, 3.05) is 6.54 Å². The van der Waals surface area contributed by atoms with E-state index in [1.54, 1.807) is 35.8 Å². The maximum atomic E-state index is 14.0. The largest absolute Gasteiger partial charge is 0.344 e. The standard InChI is InChI=1S/C29H28ClFN4O.C3H8/c1-18-14-21(10-13-24(18)31)27-33-29(3,4)17-35(27)19(2)26-32-25-15-22(30)11-12-23(25)28(36)34(26)16-20-8-6-5-7-9-20;1-3-2/h5-15,19H,16-17H2,1-4H3;3H2,1-2H3. The first-order valence-corrected chi connectivity index (χ1v) is 13.8. The first kappa shape index (κ1) is 28.5. The van der Waals surface area contributed by atoms with E-state index in [9.17, 15) is 9.18 Å². The van der Waals surface area contributed by atoms with Crippen molar-refractivity contribution in [3.8, 4) is 0 Å². The van der Waals surface area contributed by atoms with Crippen LogP contribution in [0.4, 0.5) is 4.39 Å². The Balaban J connectivity index is 0.00000112. The smallest absolute Gasteiger partial charge is 0.261 e. The van der Waals surface area contributed by atoms with Gasteiger partial charge >= 0.3 is 0 Å². The summed E-state index contributed by atoms with van der Waals surface area (Å²) in [5.41, 5.74) is 2.51. The molecule has 0 spiro atoms. The van der Waals surface area contributed by atoms with E-state index in [4.69, 9.17) is 21.6 Å². The zero-order valence-corrected chi connectivity index (χ0v) is 24.3. The lowest BCUT2D eigenvalue weighted by Crippen LogP contribution is -2.38. The highest BCUT2D eigenvalue weighted by Crippen LogP contribution is 2.32. The zero-order valence-electron chi connectivity index (χ0n) is 23.5. The molecule has 4 aromatic rings. The lowest BCUT2D eigenvalue weighted by atomic mass is 10.1. The van der Waals surface area contributed by atoms with E-state index < -0.39 is 0 Å². The van der Waals surface area contributed by atoms with E-state index in [2.05, 4.69) is 32.6 Å². The highest BCUT2D eigenvalue weighted by atomic mass is 35.5. The van der Waals surface area contributed by atoms with Crippen molar-refractivity contribution in [1.82, 2.24) is 14.5 Å². The first-order valence-electron chi connectivity index (χ1n) is 13.4. The lowest BCUT2D eigenvalue weighted by Gasteiger charge is -2.31. The molecule has 0 aliphatic carbocycles. The molecule has 0 radical (unpaired) electrons. The molecule has 7 heteroatoms. The van der Waals surface area contributed by atoms with Gasteiger partial charge in [0.25, 0.3) is 5.56 Å². The van der Waals surface area contributed by atoms with Gasteiger partial charge in [-0.3, -0.25) is 14.4 Å². The molecule has 0 N–H and O–H groups in total. The molecule has 1 atom stereocenters. The fourth-order valence-corrected chi connectivity index (χ4v) is 4.97. The molecule has 204 valence electrons. The summed E-state index contributed by atoms with van der Waals surface area (Å²) in [4.78, 5) is 25.8. The van der Waals surface area contributed by atoms with Crippen molar-refractivity contribution >= 4 is 28.3 Å². The molecule has 2 heterocycles. The summed E-state index contributed by atoms with van der Waals surface area (Å²) in [6.07, 6.45) is 1.25. The van der Waals surface area contributed by atoms with Crippen molar-refractivity contribution in [3.63, 3.8) is 0 Å². The number of aliphatic imine (C=N–C) groups is 1. The number of halogens is 2. The van der Waals surface area contributed by atoms with Crippen LogP contribution in [0.1, 0.15) is 69.6 Å². The van der Waals surface area contributed by atoms with Gasteiger partial charge in [-0.2, -0.15) is 0 Å². The molecule has 39 heavy (non-hydrogen) atoms. The van der Waals surface area contributed by atoms with Gasteiger partial charge < -0.3 is 4.90 Å². The first-order chi connectivity index (χ1) is 18.5. The van der Waals surface area contributed by atoms with E-state index in [1.165, 1.54) is 12.5 Å². The zero-order chi connectivity index (χ0) is 28.3. The maximum Gasteiger partial charge on any atom is 0.261 e. The van der Waals surface area contributed by atoms with Crippen LogP contribution in [0.25, 0.3) is 10.9 Å². The van der Waals surface area contributed by atoms with Crippen LogP contribution in [0.2, 0.25) is 5.02 Å². The predicted molar refractivity (Wildman–Crippen MR) is 159 cm³/mol. The highest BCUT2D eigenvalue weighted by molar-refractivity contribution is 6.31. The summed E-state index contributed by atoms with van der Waals surface area (Å²) in [7, 11) is 0. The van der Waals surface area contributed by atoms with Crippen LogP contribution >= 0.6 is 11.6 Å². The number of nitrogens with zero attached hydrogens (tertiary/aromatic N) is 4. The minimum atomic E-state index is -0.351. The van der Waals surface area contributed by atoms with Crippen LogP contribution < -0.4 is 5.56 Å². The Hall–Kier alpha value is -3.51. The van der Waals surface area contributed by atoms with Crippen LogP contribution in [-0.4, -0.2) is 32.4 Å². The molecular formula is C32H36ClFN4O. The van der Waals surface area contributed by atoms with E-state index in [0.29, 0.717) is 40.4 Å². The second kappa shape index (κ2) is 11.7. The summed E-state index contributed by atoms with van der Waals surface area (Å²) in [5, 5.41) is 1.05. The summed E-state index contributed by atoms with van der Waals surface area (Å²) < 4.78 is 15.8. The fraction of sp³-hybridized carbons (Fsp3) is 0.344. The fourth-order valence-electron chi connectivity index (χ4n) is 4.80. The Morgan fingerprint density at radius 2 is 1.74 bits per heavy atom. The average molecular weight is 547 g/mol. The Morgan fingerprint density at radius 1 is 1.05 bits per heavy atom. The minimum Gasteiger partial charge on any atom is -0.344 e. The lowest BCUT2D eigenvalue weighted by molar-refractivity contribution is 0.296. The summed E-state index contributed by atoms with van der Waals surface area (Å²) >= 11 is 6.26. The highest BCUT2D eigenvalue weighted by Gasteiger charge is 2.36. The number of aryl methyl sites for hydroxylation is 1. The molecule has 0 bridgehead atoms. The molecule has 5 rings (SSSR count). The normalized spacial score (nSPS) is 15.1. The average Bonchev–Trinajstić information content (AvgIpc) is 3.23. The van der Waals surface area contributed by atoms with E-state index >= 15 is 0 Å². The van der Waals surface area contributed by atoms with Crippen molar-refractivity contribution < 1.29 is 4.39 Å². The van der Waals surface area contributed by atoms with Crippen molar-refractivity contribution in [2.24, 2.45) is 4.99 Å². The Labute approximate surface area is 235 Å². The van der Waals surface area contributed by atoms with Gasteiger partial charge in [0.2, 0.25) is 0 Å². The van der Waals surface area contributed by atoms with Crippen molar-refractivity contribution in [1.29, 1.82) is 0 Å². The third-order valence-corrected chi connectivity index (χ3v) is 6.86. The third-order valence-electron chi connectivity index (χ3n) is 6.63. The molecule has 0 saturated carbocycles. The SMILES string of the molecule is CCC.Cc1cc(C2=NC(C)(C)CN2C(C)c2nc3cc(Cl)ccc3c(=O)n2Cc2ccccc2)ccc1F. The number of amidine groups is 1. The molecule has 3 aromatic carbocycles. The van der Waals surface area contributed by atoms with E-state index in [0.717, 1.165) is 17.0 Å². The topological polar surface area (TPSA) is 50.5 Å². The van der Waals surface area contributed by atoms with Gasteiger partial charge in [-0.15, -0.1) is 0 Å². The van der Waals surface area contributed by atoms with Crippen LogP contribution in [0.15, 0.2) is 76.5 Å². The summed E-state index contributed by atoms with van der Waals surface area (Å²) in [6, 6.07) is 19.8. The van der Waals surface area contributed by atoms with Gasteiger partial charge in [0.05, 0.1) is 29.0 Å². The number of rotatable bonds is 5. The van der Waals surface area contributed by atoms with Gasteiger partial charge in [-0.05, 0) is 75.2 Å². The van der Waals surface area contributed by atoms with Crippen molar-refractivity contribution in [2.45, 2.75) is 66.1 Å². The van der Waals surface area contributed by atoms with E-state index in [1.807, 2.05) is 43.3 Å². The molecule has 1 aromatic heterocycles. The summed E-state index contributed by atoms with van der Waals surface area (Å²) in [6.45, 7) is 13.2.